The van der Waals surface area contributed by atoms with Crippen LogP contribution in [0, 0.1) is 0 Å². The van der Waals surface area contributed by atoms with E-state index in [1.807, 2.05) is 24.3 Å². The van der Waals surface area contributed by atoms with Gasteiger partial charge in [-0.2, -0.15) is 0 Å². The van der Waals surface area contributed by atoms with Crippen LogP contribution in [0.15, 0.2) is 36.4 Å². The minimum absolute atomic E-state index is 0.166. The van der Waals surface area contributed by atoms with E-state index in [0.717, 1.165) is 58.4 Å². The van der Waals surface area contributed by atoms with Crippen molar-refractivity contribution >= 4 is 28.4 Å². The van der Waals surface area contributed by atoms with Crippen molar-refractivity contribution in [3.63, 3.8) is 0 Å². The molecule has 0 saturated heterocycles. The first-order valence-electron chi connectivity index (χ1n) is 9.71. The molecule has 1 N–H and O–H groups in total. The van der Waals surface area contributed by atoms with Crippen LogP contribution in [0.4, 0.5) is 0 Å². The minimum atomic E-state index is -0.166. The largest absolute Gasteiger partial charge is 0.497 e. The number of hydrogen-bond acceptors (Lipinski definition) is 4. The molecule has 29 heavy (non-hydrogen) atoms. The van der Waals surface area contributed by atoms with E-state index in [1.165, 1.54) is 0 Å². The van der Waals surface area contributed by atoms with Crippen LogP contribution < -0.4 is 14.8 Å². The fourth-order valence-corrected chi connectivity index (χ4v) is 4.15. The monoisotopic (exact) mass is 410 g/mol. The van der Waals surface area contributed by atoms with Gasteiger partial charge in [0.1, 0.15) is 11.5 Å². The number of carbonyl (C=O) groups is 1. The molecule has 6 heteroatoms. The highest BCUT2D eigenvalue weighted by Gasteiger charge is 2.18. The van der Waals surface area contributed by atoms with E-state index in [-0.39, 0.29) is 5.91 Å². The molecule has 150 valence electrons. The van der Waals surface area contributed by atoms with E-state index in [9.17, 15) is 4.79 Å². The summed E-state index contributed by atoms with van der Waals surface area (Å²) < 4.78 is 10.6. The van der Waals surface area contributed by atoms with Crippen molar-refractivity contribution in [2.75, 3.05) is 14.2 Å². The molecule has 2 aromatic carbocycles. The lowest BCUT2D eigenvalue weighted by molar-refractivity contribution is 0.0951. The number of nitrogens with one attached hydrogen (secondary N) is 1. The van der Waals surface area contributed by atoms with Gasteiger partial charge in [-0.25, -0.2) is 0 Å². The predicted molar refractivity (Wildman–Crippen MR) is 114 cm³/mol. The molecule has 0 saturated carbocycles. The molecule has 5 nitrogen and oxygen atoms in total. The number of hydrogen-bond donors (Lipinski definition) is 1. The number of ether oxygens (including phenoxy) is 2. The molecule has 0 radical (unpaired) electrons. The topological polar surface area (TPSA) is 60.5 Å². The lowest BCUT2D eigenvalue weighted by Crippen LogP contribution is -2.23. The van der Waals surface area contributed by atoms with Gasteiger partial charge in [0.25, 0.3) is 5.91 Å². The van der Waals surface area contributed by atoms with E-state index < -0.39 is 0 Å². The second kappa shape index (κ2) is 8.29. The number of carbonyl (C=O) groups excluding carboxylic acids is 1. The Hall–Kier alpha value is -2.79. The standard InChI is InChI=1S/C23H23ClN2O3/c1-28-16-9-7-15(21(12-16)29-2)13-25-23(27)14-8-10-18-20(11-14)26-19-6-4-3-5-17(19)22(18)24/h7-12H,3-6,13H2,1-2H3,(H,25,27). The molecule has 0 bridgehead atoms. The Morgan fingerprint density at radius 3 is 2.72 bits per heavy atom. The molecule has 1 aliphatic carbocycles. The molecule has 0 atom stereocenters. The van der Waals surface area contributed by atoms with E-state index in [1.54, 1.807) is 26.4 Å². The number of halogens is 1. The summed E-state index contributed by atoms with van der Waals surface area (Å²) in [5.41, 5.74) is 4.43. The van der Waals surface area contributed by atoms with Crippen LogP contribution in [-0.2, 0) is 19.4 Å². The highest BCUT2D eigenvalue weighted by molar-refractivity contribution is 6.36. The third-order valence-corrected chi connectivity index (χ3v) is 5.82. The fourth-order valence-electron chi connectivity index (χ4n) is 3.78. The molecule has 1 aromatic heterocycles. The second-order valence-electron chi connectivity index (χ2n) is 7.15. The minimum Gasteiger partial charge on any atom is -0.497 e. The molecular formula is C23H23ClN2O3. The zero-order chi connectivity index (χ0) is 20.4. The van der Waals surface area contributed by atoms with E-state index in [0.29, 0.717) is 23.6 Å². The van der Waals surface area contributed by atoms with Crippen LogP contribution in [0.25, 0.3) is 10.9 Å². The Morgan fingerprint density at radius 1 is 1.10 bits per heavy atom. The molecule has 0 unspecified atom stereocenters. The maximum absolute atomic E-state index is 12.7. The van der Waals surface area contributed by atoms with Gasteiger partial charge in [0.2, 0.25) is 0 Å². The number of aromatic nitrogens is 1. The summed E-state index contributed by atoms with van der Waals surface area (Å²) in [5.74, 6) is 1.21. The molecule has 1 heterocycles. The van der Waals surface area contributed by atoms with Gasteiger partial charge in [0, 0.05) is 34.8 Å². The van der Waals surface area contributed by atoms with Crippen molar-refractivity contribution in [3.8, 4) is 11.5 Å². The van der Waals surface area contributed by atoms with Gasteiger partial charge >= 0.3 is 0 Å². The van der Waals surface area contributed by atoms with Crippen LogP contribution in [0.5, 0.6) is 11.5 Å². The number of fused-ring (bicyclic) bond motifs is 2. The highest BCUT2D eigenvalue weighted by atomic mass is 35.5. The third-order valence-electron chi connectivity index (χ3n) is 5.39. The Morgan fingerprint density at radius 2 is 1.93 bits per heavy atom. The van der Waals surface area contributed by atoms with Crippen LogP contribution in [0.2, 0.25) is 5.02 Å². The molecular weight excluding hydrogens is 388 g/mol. The zero-order valence-electron chi connectivity index (χ0n) is 16.5. The van der Waals surface area contributed by atoms with Crippen molar-refractivity contribution in [3.05, 3.63) is 63.8 Å². The summed E-state index contributed by atoms with van der Waals surface area (Å²) in [5, 5.41) is 4.63. The summed E-state index contributed by atoms with van der Waals surface area (Å²) in [4.78, 5) is 17.5. The number of pyridine rings is 1. The average molecular weight is 411 g/mol. The number of aryl methyl sites for hydroxylation is 1. The van der Waals surface area contributed by atoms with Gasteiger partial charge in [-0.1, -0.05) is 17.7 Å². The number of nitrogens with zero attached hydrogens (tertiary/aromatic N) is 1. The normalized spacial score (nSPS) is 13.1. The molecule has 0 spiro atoms. The first kappa shape index (κ1) is 19.5. The number of amides is 1. The number of methoxy groups -OCH3 is 2. The summed E-state index contributed by atoms with van der Waals surface area (Å²) in [6.07, 6.45) is 4.20. The van der Waals surface area contributed by atoms with E-state index >= 15 is 0 Å². The van der Waals surface area contributed by atoms with Crippen molar-refractivity contribution in [1.82, 2.24) is 10.3 Å². The Kier molecular flexibility index (Phi) is 5.58. The predicted octanol–water partition coefficient (Wildman–Crippen LogP) is 4.71. The smallest absolute Gasteiger partial charge is 0.251 e. The van der Waals surface area contributed by atoms with Crippen LogP contribution >= 0.6 is 11.6 Å². The van der Waals surface area contributed by atoms with Gasteiger partial charge in [0.05, 0.1) is 24.8 Å². The summed E-state index contributed by atoms with van der Waals surface area (Å²) in [7, 11) is 3.20. The quantitative estimate of drug-likeness (QED) is 0.661. The van der Waals surface area contributed by atoms with Crippen LogP contribution in [0.3, 0.4) is 0 Å². The maximum Gasteiger partial charge on any atom is 0.251 e. The third kappa shape index (κ3) is 3.87. The lowest BCUT2D eigenvalue weighted by Gasteiger charge is -2.18. The van der Waals surface area contributed by atoms with E-state index in [4.69, 9.17) is 26.1 Å². The van der Waals surface area contributed by atoms with Gasteiger partial charge < -0.3 is 14.8 Å². The van der Waals surface area contributed by atoms with Crippen molar-refractivity contribution in [1.29, 1.82) is 0 Å². The lowest BCUT2D eigenvalue weighted by atomic mass is 9.94. The Labute approximate surface area is 175 Å². The van der Waals surface area contributed by atoms with Crippen LogP contribution in [0.1, 0.15) is 40.0 Å². The molecule has 0 fully saturated rings. The van der Waals surface area contributed by atoms with Gasteiger partial charge in [-0.05, 0) is 55.5 Å². The highest BCUT2D eigenvalue weighted by Crippen LogP contribution is 2.33. The van der Waals surface area contributed by atoms with Crippen molar-refractivity contribution in [2.24, 2.45) is 0 Å². The average Bonchev–Trinajstić information content (AvgIpc) is 2.77. The molecule has 3 aromatic rings. The van der Waals surface area contributed by atoms with Crippen LogP contribution in [-0.4, -0.2) is 25.1 Å². The Bertz CT molecular complexity index is 1080. The van der Waals surface area contributed by atoms with Gasteiger partial charge in [-0.15, -0.1) is 0 Å². The van der Waals surface area contributed by atoms with Gasteiger partial charge in [-0.3, -0.25) is 9.78 Å². The van der Waals surface area contributed by atoms with Crippen molar-refractivity contribution < 1.29 is 14.3 Å². The second-order valence-corrected chi connectivity index (χ2v) is 7.53. The number of benzene rings is 2. The summed E-state index contributed by atoms with van der Waals surface area (Å²) >= 11 is 6.63. The SMILES string of the molecule is COc1ccc(CNC(=O)c2ccc3c(Cl)c4c(nc3c2)CCCC4)c(OC)c1. The van der Waals surface area contributed by atoms with Gasteiger partial charge in [0.15, 0.2) is 0 Å². The fraction of sp³-hybridized carbons (Fsp3) is 0.304. The molecule has 4 rings (SSSR count). The number of rotatable bonds is 5. The summed E-state index contributed by atoms with van der Waals surface area (Å²) in [6, 6.07) is 11.0. The first-order valence-corrected chi connectivity index (χ1v) is 10.1. The zero-order valence-corrected chi connectivity index (χ0v) is 17.3. The summed E-state index contributed by atoms with van der Waals surface area (Å²) in [6.45, 7) is 0.350. The molecule has 0 aliphatic heterocycles. The van der Waals surface area contributed by atoms with Crippen molar-refractivity contribution in [2.45, 2.75) is 32.2 Å². The molecule has 1 aliphatic rings. The van der Waals surface area contributed by atoms with E-state index in [2.05, 4.69) is 5.32 Å². The molecule has 1 amide bonds. The Balaban J connectivity index is 1.56. The first-order chi connectivity index (χ1) is 14.1. The maximum atomic E-state index is 12.7.